The van der Waals surface area contributed by atoms with Gasteiger partial charge in [-0.2, -0.15) is 0 Å². The van der Waals surface area contributed by atoms with Gasteiger partial charge in [-0.05, 0) is 39.4 Å². The van der Waals surface area contributed by atoms with Crippen LogP contribution in [0, 0.1) is 10.1 Å². The average molecular weight is 250 g/mol. The van der Waals surface area contributed by atoms with Gasteiger partial charge in [0.2, 0.25) is 0 Å². The third kappa shape index (κ3) is 2.06. The molecular weight excluding hydrogens is 232 g/mol. The Bertz CT molecular complexity index is 472. The summed E-state index contributed by atoms with van der Waals surface area (Å²) in [5, 5.41) is 11.2. The van der Waals surface area contributed by atoms with Gasteiger partial charge in [0, 0.05) is 17.7 Å². The fraction of sp³-hybridized carbons (Fsp3) is 0.538. The summed E-state index contributed by atoms with van der Waals surface area (Å²) in [6.07, 6.45) is 2.84. The number of hydrogen-bond donors (Lipinski definition) is 0. The summed E-state index contributed by atoms with van der Waals surface area (Å²) < 4.78 is 5.33. The van der Waals surface area contributed by atoms with E-state index in [1.165, 1.54) is 0 Å². The molecule has 0 aromatic heterocycles. The van der Waals surface area contributed by atoms with Crippen molar-refractivity contribution in [1.82, 2.24) is 4.90 Å². The lowest BCUT2D eigenvalue weighted by Gasteiger charge is -2.31. The van der Waals surface area contributed by atoms with Crippen molar-refractivity contribution in [2.24, 2.45) is 0 Å². The molecule has 1 aromatic rings. The molecule has 1 atom stereocenters. The highest BCUT2D eigenvalue weighted by Crippen LogP contribution is 2.42. The van der Waals surface area contributed by atoms with E-state index in [9.17, 15) is 10.1 Å². The van der Waals surface area contributed by atoms with Crippen LogP contribution in [-0.2, 0) is 6.42 Å². The molecule has 0 heterocycles. The second-order valence-electron chi connectivity index (χ2n) is 4.81. The van der Waals surface area contributed by atoms with E-state index in [-0.39, 0.29) is 16.7 Å². The maximum atomic E-state index is 11.2. The Hall–Kier alpha value is -1.62. The number of nitro groups is 1. The van der Waals surface area contributed by atoms with Crippen LogP contribution in [0.5, 0.6) is 5.75 Å². The topological polar surface area (TPSA) is 55.6 Å². The summed E-state index contributed by atoms with van der Waals surface area (Å²) in [7, 11) is 5.53. The highest BCUT2D eigenvalue weighted by molar-refractivity contribution is 5.55. The molecule has 0 saturated carbocycles. The zero-order chi connectivity index (χ0) is 13.3. The number of benzene rings is 1. The van der Waals surface area contributed by atoms with Crippen LogP contribution in [-0.4, -0.2) is 31.0 Å². The summed E-state index contributed by atoms with van der Waals surface area (Å²) in [4.78, 5) is 12.9. The van der Waals surface area contributed by atoms with Gasteiger partial charge in [0.25, 0.3) is 5.69 Å². The summed E-state index contributed by atoms with van der Waals surface area (Å²) in [6, 6.07) is 3.36. The molecule has 1 aliphatic rings. The van der Waals surface area contributed by atoms with Crippen LogP contribution in [0.2, 0.25) is 0 Å². The molecule has 5 nitrogen and oxygen atoms in total. The van der Waals surface area contributed by atoms with E-state index >= 15 is 0 Å². The Morgan fingerprint density at radius 3 is 2.72 bits per heavy atom. The first kappa shape index (κ1) is 12.8. The number of nitrogens with zero attached hydrogens (tertiary/aromatic N) is 2. The quantitative estimate of drug-likeness (QED) is 0.611. The molecule has 0 aliphatic heterocycles. The van der Waals surface area contributed by atoms with Gasteiger partial charge in [-0.3, -0.25) is 10.1 Å². The van der Waals surface area contributed by atoms with E-state index in [1.807, 2.05) is 19.0 Å². The highest BCUT2D eigenvalue weighted by atomic mass is 16.6. The third-order valence-electron chi connectivity index (χ3n) is 3.57. The summed E-state index contributed by atoms with van der Waals surface area (Å²) in [5.74, 6) is 0.766. The summed E-state index contributed by atoms with van der Waals surface area (Å²) in [5.41, 5.74) is 2.04. The van der Waals surface area contributed by atoms with E-state index in [1.54, 1.807) is 19.2 Å². The van der Waals surface area contributed by atoms with Gasteiger partial charge in [-0.15, -0.1) is 0 Å². The number of ether oxygens (including phenoxy) is 1. The van der Waals surface area contributed by atoms with Gasteiger partial charge >= 0.3 is 0 Å². The molecule has 0 saturated heterocycles. The van der Waals surface area contributed by atoms with Crippen molar-refractivity contribution in [3.63, 3.8) is 0 Å². The monoisotopic (exact) mass is 250 g/mol. The van der Waals surface area contributed by atoms with Crippen molar-refractivity contribution in [3.05, 3.63) is 33.4 Å². The number of nitro benzene ring substituents is 1. The normalized spacial score (nSPS) is 18.6. The Labute approximate surface area is 107 Å². The van der Waals surface area contributed by atoms with Crippen LogP contribution in [0.1, 0.15) is 30.0 Å². The van der Waals surface area contributed by atoms with Crippen LogP contribution in [0.15, 0.2) is 12.1 Å². The standard InChI is InChI=1S/C13H18N2O3/c1-14(2)10-6-4-5-9-12(18-3)8-7-11(13(9)10)15(16)17/h7-8,10H,4-6H2,1-3H3. The van der Waals surface area contributed by atoms with Crippen LogP contribution >= 0.6 is 0 Å². The molecule has 0 amide bonds. The van der Waals surface area contributed by atoms with Gasteiger partial charge in [-0.25, -0.2) is 0 Å². The van der Waals surface area contributed by atoms with Gasteiger partial charge in [0.15, 0.2) is 0 Å². The lowest BCUT2D eigenvalue weighted by Crippen LogP contribution is -2.25. The van der Waals surface area contributed by atoms with Crippen molar-refractivity contribution in [2.75, 3.05) is 21.2 Å². The molecule has 5 heteroatoms. The smallest absolute Gasteiger partial charge is 0.274 e. The highest BCUT2D eigenvalue weighted by Gasteiger charge is 2.31. The van der Waals surface area contributed by atoms with Gasteiger partial charge in [0.05, 0.1) is 17.6 Å². The predicted molar refractivity (Wildman–Crippen MR) is 69.0 cm³/mol. The Morgan fingerprint density at radius 1 is 1.44 bits per heavy atom. The Morgan fingerprint density at radius 2 is 2.17 bits per heavy atom. The van der Waals surface area contributed by atoms with Crippen LogP contribution in [0.25, 0.3) is 0 Å². The zero-order valence-corrected chi connectivity index (χ0v) is 11.0. The Kier molecular flexibility index (Phi) is 3.52. The number of fused-ring (bicyclic) bond motifs is 1. The van der Waals surface area contributed by atoms with Crippen molar-refractivity contribution >= 4 is 5.69 Å². The SMILES string of the molecule is COc1ccc([N+](=O)[O-])c2c1CCCC2N(C)C. The molecule has 0 radical (unpaired) electrons. The zero-order valence-electron chi connectivity index (χ0n) is 11.0. The van der Waals surface area contributed by atoms with Crippen molar-refractivity contribution in [1.29, 1.82) is 0 Å². The number of rotatable bonds is 3. The van der Waals surface area contributed by atoms with Crippen molar-refractivity contribution in [3.8, 4) is 5.75 Å². The molecule has 0 fully saturated rings. The maximum Gasteiger partial charge on any atom is 0.274 e. The molecule has 0 N–H and O–H groups in total. The molecule has 1 unspecified atom stereocenters. The molecular formula is C13H18N2O3. The summed E-state index contributed by atoms with van der Waals surface area (Å²) in [6.45, 7) is 0. The minimum absolute atomic E-state index is 0.101. The molecule has 2 rings (SSSR count). The number of hydrogen-bond acceptors (Lipinski definition) is 4. The average Bonchev–Trinajstić information content (AvgIpc) is 2.36. The maximum absolute atomic E-state index is 11.2. The second-order valence-corrected chi connectivity index (χ2v) is 4.81. The first-order chi connectivity index (χ1) is 8.56. The largest absolute Gasteiger partial charge is 0.496 e. The van der Waals surface area contributed by atoms with E-state index in [0.717, 1.165) is 36.1 Å². The predicted octanol–water partition coefficient (Wildman–Crippen LogP) is 2.54. The minimum Gasteiger partial charge on any atom is -0.496 e. The van der Waals surface area contributed by atoms with Crippen LogP contribution in [0.3, 0.4) is 0 Å². The van der Waals surface area contributed by atoms with E-state index in [2.05, 4.69) is 0 Å². The van der Waals surface area contributed by atoms with E-state index in [4.69, 9.17) is 4.74 Å². The number of methoxy groups -OCH3 is 1. The van der Waals surface area contributed by atoms with E-state index < -0.39 is 0 Å². The molecule has 0 bridgehead atoms. The lowest BCUT2D eigenvalue weighted by atomic mass is 9.85. The fourth-order valence-corrected chi connectivity index (χ4v) is 2.75. The summed E-state index contributed by atoms with van der Waals surface area (Å²) >= 11 is 0. The van der Waals surface area contributed by atoms with Gasteiger partial charge in [0.1, 0.15) is 5.75 Å². The first-order valence-corrected chi connectivity index (χ1v) is 6.06. The molecule has 18 heavy (non-hydrogen) atoms. The Balaban J connectivity index is 2.64. The lowest BCUT2D eigenvalue weighted by molar-refractivity contribution is -0.386. The van der Waals surface area contributed by atoms with Crippen LogP contribution < -0.4 is 4.74 Å². The van der Waals surface area contributed by atoms with Crippen molar-refractivity contribution < 1.29 is 9.66 Å². The molecule has 0 spiro atoms. The minimum atomic E-state index is -0.292. The van der Waals surface area contributed by atoms with Gasteiger partial charge in [-0.1, -0.05) is 0 Å². The molecule has 98 valence electrons. The van der Waals surface area contributed by atoms with Gasteiger partial charge < -0.3 is 9.64 Å². The van der Waals surface area contributed by atoms with Crippen LogP contribution in [0.4, 0.5) is 5.69 Å². The molecule has 1 aromatic carbocycles. The first-order valence-electron chi connectivity index (χ1n) is 6.06. The molecule has 1 aliphatic carbocycles. The second kappa shape index (κ2) is 4.94. The third-order valence-corrected chi connectivity index (χ3v) is 3.57. The van der Waals surface area contributed by atoms with E-state index in [0.29, 0.717) is 0 Å². The van der Waals surface area contributed by atoms with Crippen molar-refractivity contribution in [2.45, 2.75) is 25.3 Å². The fourth-order valence-electron chi connectivity index (χ4n) is 2.75.